The molecule has 0 aliphatic heterocycles. The predicted molar refractivity (Wildman–Crippen MR) is 68.1 cm³/mol. The van der Waals surface area contributed by atoms with Gasteiger partial charge in [-0.15, -0.1) is 0 Å². The van der Waals surface area contributed by atoms with Crippen LogP contribution in [-0.2, 0) is 7.05 Å². The van der Waals surface area contributed by atoms with Crippen LogP contribution in [0.1, 0.15) is 28.9 Å². The summed E-state index contributed by atoms with van der Waals surface area (Å²) in [6.45, 7) is 2.02. The van der Waals surface area contributed by atoms with E-state index in [9.17, 15) is 4.79 Å². The van der Waals surface area contributed by atoms with Gasteiger partial charge in [0.15, 0.2) is 0 Å². The van der Waals surface area contributed by atoms with Crippen LogP contribution in [-0.4, -0.2) is 16.5 Å². The molecule has 3 heteroatoms. The molecule has 1 aromatic carbocycles. The minimum absolute atomic E-state index is 0.0590. The van der Waals surface area contributed by atoms with Gasteiger partial charge in [-0.05, 0) is 31.4 Å². The molecule has 0 spiro atoms. The molecule has 1 N–H and O–H groups in total. The van der Waals surface area contributed by atoms with Gasteiger partial charge < -0.3 is 9.88 Å². The van der Waals surface area contributed by atoms with Gasteiger partial charge in [0.25, 0.3) is 5.91 Å². The maximum Gasteiger partial charge on any atom is 0.268 e. The highest BCUT2D eigenvalue weighted by molar-refractivity contribution is 6.01. The number of nitrogens with one attached hydrogen (secondary N) is 1. The first kappa shape index (κ1) is 10.4. The van der Waals surface area contributed by atoms with Crippen LogP contribution >= 0.6 is 0 Å². The zero-order chi connectivity index (χ0) is 12.0. The Kier molecular flexibility index (Phi) is 2.21. The van der Waals surface area contributed by atoms with Gasteiger partial charge in [0, 0.05) is 24.0 Å². The van der Waals surface area contributed by atoms with Crippen LogP contribution in [0.25, 0.3) is 10.9 Å². The van der Waals surface area contributed by atoms with E-state index in [1.807, 2.05) is 30.7 Å². The lowest BCUT2D eigenvalue weighted by molar-refractivity contribution is 0.0942. The molecule has 0 bridgehead atoms. The molecular weight excluding hydrogens is 212 g/mol. The minimum Gasteiger partial charge on any atom is -0.348 e. The lowest BCUT2D eigenvalue weighted by atomic mass is 10.1. The van der Waals surface area contributed by atoms with E-state index in [1.54, 1.807) is 0 Å². The van der Waals surface area contributed by atoms with Gasteiger partial charge in [0.1, 0.15) is 5.69 Å². The molecule has 1 aromatic heterocycles. The molecule has 1 aliphatic carbocycles. The molecule has 3 nitrogen and oxygen atoms in total. The van der Waals surface area contributed by atoms with Crippen molar-refractivity contribution >= 4 is 16.8 Å². The van der Waals surface area contributed by atoms with E-state index >= 15 is 0 Å². The SMILES string of the molecule is Cc1c(C(=O)NC2CC2)n(C)c2ccccc12. The van der Waals surface area contributed by atoms with Crippen molar-refractivity contribution in [1.82, 2.24) is 9.88 Å². The largest absolute Gasteiger partial charge is 0.348 e. The third-order valence-electron chi connectivity index (χ3n) is 3.49. The molecular formula is C14H16N2O. The standard InChI is InChI=1S/C14H16N2O/c1-9-11-5-3-4-6-12(11)16(2)13(9)14(17)15-10-7-8-10/h3-6,10H,7-8H2,1-2H3,(H,15,17). The molecule has 17 heavy (non-hydrogen) atoms. The predicted octanol–water partition coefficient (Wildman–Crippen LogP) is 2.38. The molecule has 0 radical (unpaired) electrons. The summed E-state index contributed by atoms with van der Waals surface area (Å²) in [5.41, 5.74) is 2.98. The Morgan fingerprint density at radius 2 is 2.06 bits per heavy atom. The Labute approximate surface area is 100 Å². The lowest BCUT2D eigenvalue weighted by Gasteiger charge is -2.06. The Morgan fingerprint density at radius 3 is 2.71 bits per heavy atom. The summed E-state index contributed by atoms with van der Waals surface area (Å²) in [6, 6.07) is 8.54. The molecule has 3 rings (SSSR count). The summed E-state index contributed by atoms with van der Waals surface area (Å²) in [7, 11) is 1.96. The molecule has 2 aromatic rings. The van der Waals surface area contributed by atoms with Crippen LogP contribution in [0.5, 0.6) is 0 Å². The first-order chi connectivity index (χ1) is 8.18. The molecule has 0 unspecified atom stereocenters. The molecule has 1 heterocycles. The number of fused-ring (bicyclic) bond motifs is 1. The summed E-state index contributed by atoms with van der Waals surface area (Å²) >= 11 is 0. The maximum absolute atomic E-state index is 12.2. The second-order valence-corrected chi connectivity index (χ2v) is 4.80. The van der Waals surface area contributed by atoms with E-state index < -0.39 is 0 Å². The van der Waals surface area contributed by atoms with E-state index in [-0.39, 0.29) is 5.91 Å². The van der Waals surface area contributed by atoms with Crippen molar-refractivity contribution in [2.45, 2.75) is 25.8 Å². The second kappa shape index (κ2) is 3.62. The average Bonchev–Trinajstić information content (AvgIpc) is 3.08. The number of aryl methyl sites for hydroxylation is 2. The van der Waals surface area contributed by atoms with Crippen LogP contribution in [0.2, 0.25) is 0 Å². The van der Waals surface area contributed by atoms with Crippen LogP contribution in [0.15, 0.2) is 24.3 Å². The molecule has 0 atom stereocenters. The van der Waals surface area contributed by atoms with Crippen molar-refractivity contribution in [2.24, 2.45) is 7.05 Å². The summed E-state index contributed by atoms with van der Waals surface area (Å²) in [6.07, 6.45) is 2.24. The van der Waals surface area contributed by atoms with E-state index in [4.69, 9.17) is 0 Å². The van der Waals surface area contributed by atoms with Crippen molar-refractivity contribution in [1.29, 1.82) is 0 Å². The van der Waals surface area contributed by atoms with Crippen molar-refractivity contribution in [3.8, 4) is 0 Å². The first-order valence-corrected chi connectivity index (χ1v) is 6.03. The number of hydrogen-bond acceptors (Lipinski definition) is 1. The minimum atomic E-state index is 0.0590. The number of hydrogen-bond donors (Lipinski definition) is 1. The van der Waals surface area contributed by atoms with Crippen LogP contribution in [0.4, 0.5) is 0 Å². The molecule has 0 saturated heterocycles. The Balaban J connectivity index is 2.11. The van der Waals surface area contributed by atoms with E-state index in [1.165, 1.54) is 0 Å². The monoisotopic (exact) mass is 228 g/mol. The van der Waals surface area contributed by atoms with E-state index in [0.29, 0.717) is 6.04 Å². The number of carbonyl (C=O) groups is 1. The Hall–Kier alpha value is -1.77. The van der Waals surface area contributed by atoms with Gasteiger partial charge >= 0.3 is 0 Å². The summed E-state index contributed by atoms with van der Waals surface area (Å²) < 4.78 is 1.99. The molecule has 1 amide bonds. The van der Waals surface area contributed by atoms with E-state index in [0.717, 1.165) is 35.0 Å². The summed E-state index contributed by atoms with van der Waals surface area (Å²) in [4.78, 5) is 12.2. The third-order valence-corrected chi connectivity index (χ3v) is 3.49. The Morgan fingerprint density at radius 1 is 1.35 bits per heavy atom. The first-order valence-electron chi connectivity index (χ1n) is 6.03. The zero-order valence-electron chi connectivity index (χ0n) is 10.2. The molecule has 1 aliphatic rings. The third kappa shape index (κ3) is 1.62. The van der Waals surface area contributed by atoms with Crippen LogP contribution in [0, 0.1) is 6.92 Å². The number of nitrogens with zero attached hydrogens (tertiary/aromatic N) is 1. The van der Waals surface area contributed by atoms with Gasteiger partial charge in [0.05, 0.1) is 0 Å². The van der Waals surface area contributed by atoms with Gasteiger partial charge in [0.2, 0.25) is 0 Å². The van der Waals surface area contributed by atoms with Crippen molar-refractivity contribution in [2.75, 3.05) is 0 Å². The van der Waals surface area contributed by atoms with E-state index in [2.05, 4.69) is 17.4 Å². The lowest BCUT2D eigenvalue weighted by Crippen LogP contribution is -2.27. The van der Waals surface area contributed by atoms with Gasteiger partial charge in [-0.25, -0.2) is 0 Å². The maximum atomic E-state index is 12.2. The average molecular weight is 228 g/mol. The number of benzene rings is 1. The highest BCUT2D eigenvalue weighted by Gasteiger charge is 2.26. The molecule has 88 valence electrons. The highest BCUT2D eigenvalue weighted by atomic mass is 16.2. The number of amides is 1. The normalized spacial score (nSPS) is 15.2. The smallest absolute Gasteiger partial charge is 0.268 e. The summed E-state index contributed by atoms with van der Waals surface area (Å²) in [5.74, 6) is 0.0590. The zero-order valence-corrected chi connectivity index (χ0v) is 10.2. The quantitative estimate of drug-likeness (QED) is 0.841. The summed E-state index contributed by atoms with van der Waals surface area (Å²) in [5, 5.41) is 4.22. The fourth-order valence-electron chi connectivity index (χ4n) is 2.39. The topological polar surface area (TPSA) is 34.0 Å². The van der Waals surface area contributed by atoms with Crippen molar-refractivity contribution in [3.05, 3.63) is 35.5 Å². The fourth-order valence-corrected chi connectivity index (χ4v) is 2.39. The number of para-hydroxylation sites is 1. The van der Waals surface area contributed by atoms with Gasteiger partial charge in [-0.3, -0.25) is 4.79 Å². The Bertz CT molecular complexity index is 555. The van der Waals surface area contributed by atoms with Crippen LogP contribution < -0.4 is 5.32 Å². The number of carbonyl (C=O) groups excluding carboxylic acids is 1. The fraction of sp³-hybridized carbons (Fsp3) is 0.357. The molecule has 1 saturated carbocycles. The van der Waals surface area contributed by atoms with Crippen molar-refractivity contribution < 1.29 is 4.79 Å². The van der Waals surface area contributed by atoms with Gasteiger partial charge in [-0.2, -0.15) is 0 Å². The van der Waals surface area contributed by atoms with Crippen molar-refractivity contribution in [3.63, 3.8) is 0 Å². The second-order valence-electron chi connectivity index (χ2n) is 4.80. The molecule has 1 fully saturated rings. The van der Waals surface area contributed by atoms with Gasteiger partial charge in [-0.1, -0.05) is 18.2 Å². The number of aromatic nitrogens is 1. The number of rotatable bonds is 2. The highest BCUT2D eigenvalue weighted by Crippen LogP contribution is 2.25. The van der Waals surface area contributed by atoms with Crippen LogP contribution in [0.3, 0.4) is 0 Å².